The van der Waals surface area contributed by atoms with E-state index < -0.39 is 58.4 Å². The van der Waals surface area contributed by atoms with Crippen molar-refractivity contribution in [3.8, 4) is 11.4 Å². The normalized spacial score (nSPS) is 17.5. The van der Waals surface area contributed by atoms with Gasteiger partial charge in [-0.05, 0) is 87.1 Å². The molecular weight excluding hydrogens is 996 g/mol. The number of fused-ring (bicyclic) bond motifs is 5. The molecular formula is C57H63FN6O13. The predicted molar refractivity (Wildman–Crippen MR) is 276 cm³/mol. The van der Waals surface area contributed by atoms with Crippen molar-refractivity contribution in [1.82, 2.24) is 30.4 Å². The quantitative estimate of drug-likeness (QED) is 0.0343. The van der Waals surface area contributed by atoms with Crippen molar-refractivity contribution in [2.75, 3.05) is 32.8 Å². The third kappa shape index (κ3) is 12.3. The van der Waals surface area contributed by atoms with Crippen LogP contribution in [0.15, 0.2) is 58.9 Å². The molecule has 3 aliphatic heterocycles. The first-order valence-corrected chi connectivity index (χ1v) is 26.2. The summed E-state index contributed by atoms with van der Waals surface area (Å²) >= 11 is 0. The van der Waals surface area contributed by atoms with E-state index in [9.17, 15) is 53.1 Å². The molecule has 1 aliphatic carbocycles. The lowest BCUT2D eigenvalue weighted by molar-refractivity contribution is -0.172. The molecule has 4 aliphatic rings. The molecule has 2 aromatic heterocycles. The summed E-state index contributed by atoms with van der Waals surface area (Å²) < 4.78 is 27.8. The highest BCUT2D eigenvalue weighted by atomic mass is 19.1. The fourth-order valence-electron chi connectivity index (χ4n) is 10.7. The maximum atomic E-state index is 15.4. The van der Waals surface area contributed by atoms with Crippen LogP contribution in [0, 0.1) is 18.7 Å². The van der Waals surface area contributed by atoms with Gasteiger partial charge in [-0.25, -0.2) is 14.2 Å². The number of halogens is 1. The molecule has 3 atom stereocenters. The van der Waals surface area contributed by atoms with Crippen LogP contribution >= 0.6 is 0 Å². The Hall–Kier alpha value is -7.58. The number of benzene rings is 2. The summed E-state index contributed by atoms with van der Waals surface area (Å²) in [6.07, 6.45) is 4.20. The minimum Gasteiger partial charge on any atom is -0.458 e. The molecule has 406 valence electrons. The molecule has 0 saturated carbocycles. The summed E-state index contributed by atoms with van der Waals surface area (Å²) in [4.78, 5) is 135. The van der Waals surface area contributed by atoms with Gasteiger partial charge in [0.1, 0.15) is 24.8 Å². The molecule has 20 heteroatoms. The summed E-state index contributed by atoms with van der Waals surface area (Å²) in [5.74, 6) is -5.07. The van der Waals surface area contributed by atoms with Crippen molar-refractivity contribution in [2.45, 2.75) is 129 Å². The number of nitrogens with one attached hydrogen (secondary N) is 3. The maximum Gasteiger partial charge on any atom is 0.343 e. The van der Waals surface area contributed by atoms with Crippen molar-refractivity contribution >= 4 is 63.8 Å². The zero-order chi connectivity index (χ0) is 55.1. The van der Waals surface area contributed by atoms with Crippen LogP contribution in [0.3, 0.4) is 0 Å². The number of carbonyl (C=O) groups excluding carboxylic acids is 9. The average Bonchev–Trinajstić information content (AvgIpc) is 3.95. The SMILES string of the molecule is CC[C@@]1(O)C(=O)OCc2c1cc1n(c2=O)Cc2c-1nc1cc(F)c(C)c3c1c2[C@@H](NC(=O)COCCCC(=O)CNC(=O)[C@@H](CC(=O)CNC(=O)CCC(=O)CCCCCN1C(=O)C=C(C)C1=O)Cc1ccccc1)CC3. The number of imide groups is 1. The second-order valence-corrected chi connectivity index (χ2v) is 20.3. The van der Waals surface area contributed by atoms with E-state index in [0.29, 0.717) is 76.7 Å². The van der Waals surface area contributed by atoms with Gasteiger partial charge < -0.3 is 35.1 Å². The van der Waals surface area contributed by atoms with E-state index in [4.69, 9.17) is 14.5 Å². The average molecular weight is 1060 g/mol. The Kier molecular flexibility index (Phi) is 17.5. The number of aryl methyl sites for hydroxylation is 1. The third-order valence-corrected chi connectivity index (χ3v) is 15.0. The van der Waals surface area contributed by atoms with Crippen molar-refractivity contribution < 1.29 is 62.1 Å². The molecule has 77 heavy (non-hydrogen) atoms. The summed E-state index contributed by atoms with van der Waals surface area (Å²) in [5, 5.41) is 20.3. The van der Waals surface area contributed by atoms with Gasteiger partial charge in [0.15, 0.2) is 17.2 Å². The Labute approximate surface area is 443 Å². The number of hydrogen-bond donors (Lipinski definition) is 4. The Morgan fingerprint density at radius 2 is 1.64 bits per heavy atom. The first-order chi connectivity index (χ1) is 36.9. The van der Waals surface area contributed by atoms with Crippen molar-refractivity contribution in [1.29, 1.82) is 0 Å². The fourth-order valence-corrected chi connectivity index (χ4v) is 10.7. The zero-order valence-corrected chi connectivity index (χ0v) is 43.5. The van der Waals surface area contributed by atoms with Gasteiger partial charge in [0.05, 0.1) is 48.1 Å². The summed E-state index contributed by atoms with van der Waals surface area (Å²) in [7, 11) is 0. The van der Waals surface area contributed by atoms with E-state index in [2.05, 4.69) is 16.0 Å². The van der Waals surface area contributed by atoms with E-state index in [-0.39, 0.29) is 132 Å². The largest absolute Gasteiger partial charge is 0.458 e. The fraction of sp³-hybridized carbons (Fsp3) is 0.456. The number of Topliss-reactive ketones (excluding diaryl/α,β-unsaturated/α-hetero) is 3. The summed E-state index contributed by atoms with van der Waals surface area (Å²) in [6, 6.07) is 11.4. The Bertz CT molecular complexity index is 3170. The molecule has 0 unspecified atom stereocenters. The van der Waals surface area contributed by atoms with Gasteiger partial charge in [-0.15, -0.1) is 0 Å². The van der Waals surface area contributed by atoms with Crippen LogP contribution in [-0.2, 0) is 84.2 Å². The standard InChI is InChI=1S/C57H63FN6O13/c1-4-57(75)42-25-46-52-40(29-64(46)55(73)41(42)30-77-56(57)74)51-44(18-17-39-33(3)43(58)26-45(62-52)50(39)51)61-48(69)31-76-21-11-15-37(66)27-60-53(71)35(23-34-12-7-5-8-13-34)24-38(67)28-59-47(68)19-16-36(65)14-9-6-10-20-63-49(70)22-32(2)54(63)72/h5,7-8,12-13,22,25-26,35,44,75H,4,6,9-11,14-21,23-24,27-31H2,1-3H3,(H,59,68)(H,60,71)(H,61,69)/t35-,44+,57+/m1/s1. The number of carbonyl (C=O) groups is 9. The molecule has 5 heterocycles. The van der Waals surface area contributed by atoms with Gasteiger partial charge in [-0.2, -0.15) is 0 Å². The van der Waals surface area contributed by atoms with Crippen LogP contribution in [-0.4, -0.2) is 105 Å². The number of esters is 1. The van der Waals surface area contributed by atoms with Crippen LogP contribution in [0.2, 0.25) is 0 Å². The van der Waals surface area contributed by atoms with Crippen LogP contribution in [0.5, 0.6) is 0 Å². The minimum absolute atomic E-state index is 0.0137. The van der Waals surface area contributed by atoms with Crippen LogP contribution < -0.4 is 21.5 Å². The number of ketones is 3. The summed E-state index contributed by atoms with van der Waals surface area (Å²) in [6.45, 7) is 4.00. The Morgan fingerprint density at radius 1 is 0.883 bits per heavy atom. The number of ether oxygens (including phenoxy) is 2. The van der Waals surface area contributed by atoms with E-state index >= 15 is 4.39 Å². The molecule has 8 rings (SSSR count). The van der Waals surface area contributed by atoms with E-state index in [1.807, 2.05) is 18.2 Å². The number of aromatic nitrogens is 2. The zero-order valence-electron chi connectivity index (χ0n) is 43.5. The van der Waals surface area contributed by atoms with Crippen LogP contribution in [0.1, 0.15) is 129 Å². The molecule has 4 N–H and O–H groups in total. The van der Waals surface area contributed by atoms with Gasteiger partial charge in [0.2, 0.25) is 17.7 Å². The molecule has 4 aromatic rings. The molecule has 5 amide bonds. The Morgan fingerprint density at radius 3 is 2.38 bits per heavy atom. The molecule has 19 nitrogen and oxygen atoms in total. The smallest absolute Gasteiger partial charge is 0.343 e. The molecule has 0 fully saturated rings. The first-order valence-electron chi connectivity index (χ1n) is 26.2. The van der Waals surface area contributed by atoms with Gasteiger partial charge in [-0.1, -0.05) is 43.7 Å². The predicted octanol–water partition coefficient (Wildman–Crippen LogP) is 4.27. The lowest BCUT2D eigenvalue weighted by Gasteiger charge is -2.31. The van der Waals surface area contributed by atoms with Crippen LogP contribution in [0.25, 0.3) is 22.3 Å². The number of unbranched alkanes of at least 4 members (excludes halogenated alkanes) is 2. The topological polar surface area (TPSA) is 267 Å². The number of cyclic esters (lactones) is 1. The Balaban J connectivity index is 0.782. The molecule has 0 radical (unpaired) electrons. The number of nitrogens with zero attached hydrogens (tertiary/aromatic N) is 3. The van der Waals surface area contributed by atoms with Gasteiger partial charge >= 0.3 is 5.97 Å². The second-order valence-electron chi connectivity index (χ2n) is 20.3. The van der Waals surface area contributed by atoms with Gasteiger partial charge in [0, 0.05) is 85.4 Å². The summed E-state index contributed by atoms with van der Waals surface area (Å²) in [5.41, 5.74) is 2.64. The van der Waals surface area contributed by atoms with E-state index in [0.717, 1.165) is 11.1 Å². The maximum absolute atomic E-state index is 15.4. The second kappa shape index (κ2) is 24.2. The van der Waals surface area contributed by atoms with Crippen molar-refractivity contribution in [2.24, 2.45) is 5.92 Å². The monoisotopic (exact) mass is 1060 g/mol. The molecule has 2 aromatic carbocycles. The first kappa shape index (κ1) is 55.6. The lowest BCUT2D eigenvalue weighted by Crippen LogP contribution is -2.44. The molecule has 0 spiro atoms. The van der Waals surface area contributed by atoms with E-state index in [1.54, 1.807) is 39.0 Å². The highest BCUT2D eigenvalue weighted by molar-refractivity contribution is 6.15. The van der Waals surface area contributed by atoms with E-state index in [1.165, 1.54) is 21.6 Å². The number of rotatable bonds is 26. The highest BCUT2D eigenvalue weighted by Crippen LogP contribution is 2.46. The number of aliphatic hydroxyl groups is 1. The highest BCUT2D eigenvalue weighted by Gasteiger charge is 2.46. The number of pyridine rings is 2. The van der Waals surface area contributed by atoms with Gasteiger partial charge in [-0.3, -0.25) is 48.1 Å². The van der Waals surface area contributed by atoms with Crippen molar-refractivity contribution in [3.63, 3.8) is 0 Å². The minimum atomic E-state index is -2.04. The van der Waals surface area contributed by atoms with Gasteiger partial charge in [0.25, 0.3) is 17.4 Å². The lowest BCUT2D eigenvalue weighted by atomic mass is 9.81. The number of amides is 5. The van der Waals surface area contributed by atoms with Crippen LogP contribution in [0.4, 0.5) is 4.39 Å². The molecule has 0 bridgehead atoms. The third-order valence-electron chi connectivity index (χ3n) is 15.0. The molecule has 0 saturated heterocycles. The number of hydrogen-bond acceptors (Lipinski definition) is 14. The van der Waals surface area contributed by atoms with Crippen molar-refractivity contribution in [3.05, 3.63) is 109 Å².